The molecule has 0 atom stereocenters. The van der Waals surface area contributed by atoms with Crippen LogP contribution in [0.4, 0.5) is 0 Å². The van der Waals surface area contributed by atoms with Crippen LogP contribution in [0.2, 0.25) is 0 Å². The molecule has 0 aromatic heterocycles. The van der Waals surface area contributed by atoms with Gasteiger partial charge in [-0.3, -0.25) is 38.4 Å². The predicted molar refractivity (Wildman–Crippen MR) is 355 cm³/mol. The molecule has 6 N–H and O–H groups in total. The maximum absolute atomic E-state index is 13.5. The zero-order chi connectivity index (χ0) is 64.7. The highest BCUT2D eigenvalue weighted by molar-refractivity contribution is 5.96. The van der Waals surface area contributed by atoms with E-state index < -0.39 is 0 Å². The number of ether oxygens (including phenoxy) is 2. The van der Waals surface area contributed by atoms with Gasteiger partial charge in [0.1, 0.15) is 37.7 Å². The van der Waals surface area contributed by atoms with Crippen LogP contribution in [-0.4, -0.2) is 137 Å². The lowest BCUT2D eigenvalue weighted by atomic mass is 10.0. The Morgan fingerprint density at radius 3 is 1.07 bits per heavy atom. The molecule has 0 bridgehead atoms. The number of carbonyl (C=O) groups excluding carboxylic acids is 8. The van der Waals surface area contributed by atoms with Crippen molar-refractivity contribution in [1.29, 1.82) is 0 Å². The molecule has 0 saturated carbocycles. The molecule has 0 radical (unpaired) electrons. The van der Waals surface area contributed by atoms with Crippen LogP contribution >= 0.6 is 0 Å². The van der Waals surface area contributed by atoms with E-state index in [0.717, 1.165) is 89.8 Å². The molecule has 0 fully saturated rings. The fourth-order valence-corrected chi connectivity index (χ4v) is 10.3. The summed E-state index contributed by atoms with van der Waals surface area (Å²) >= 11 is 0. The van der Waals surface area contributed by atoms with E-state index in [1.807, 2.05) is 140 Å². The van der Waals surface area contributed by atoms with Crippen LogP contribution in [0.25, 0.3) is 11.1 Å². The largest absolute Gasteiger partial charge is 0.497 e. The van der Waals surface area contributed by atoms with E-state index in [0.29, 0.717) is 102 Å². The number of nitrogens with zero attached hydrogens (tertiary/aromatic N) is 2. The summed E-state index contributed by atoms with van der Waals surface area (Å²) in [4.78, 5) is 108. The number of benzene rings is 6. The minimum Gasteiger partial charge on any atom is -0.497 e. The monoisotopic (exact) mass is 1240 g/mol. The molecule has 0 spiro atoms. The first kappa shape index (κ1) is 70.8. The number of amides is 8. The lowest BCUT2D eigenvalue weighted by Gasteiger charge is -2.22. The summed E-state index contributed by atoms with van der Waals surface area (Å²) in [6, 6.07) is 49.4. The SMILES string of the molecule is COc1ccc(CCNC(=O)CN(CC(=O)NCCc2ccccc2)C(=O)CCCCCCCCCCNC(=O)c2cccc(-c3ccc(C(=O)NCCCCCC(=O)N(CC(=O)NCCc4ccccc4)CC(=O)NCCc4ccc(OC)cc4)cc3)c2)cc1. The molecule has 8 amide bonds. The highest BCUT2D eigenvalue weighted by Gasteiger charge is 2.22. The van der Waals surface area contributed by atoms with Gasteiger partial charge in [-0.05, 0) is 133 Å². The predicted octanol–water partition coefficient (Wildman–Crippen LogP) is 8.99. The van der Waals surface area contributed by atoms with Crippen LogP contribution in [0.1, 0.15) is 126 Å². The number of unbranched alkanes of at least 4 members (excludes halogenated alkanes) is 9. The summed E-state index contributed by atoms with van der Waals surface area (Å²) in [6.45, 7) is 1.70. The van der Waals surface area contributed by atoms with Gasteiger partial charge in [0.15, 0.2) is 0 Å². The van der Waals surface area contributed by atoms with Gasteiger partial charge in [0, 0.05) is 63.2 Å². The Hall–Kier alpha value is -9.32. The molecular weight excluding hydrogens is 1150 g/mol. The third-order valence-corrected chi connectivity index (χ3v) is 15.6. The molecule has 0 aliphatic rings. The number of nitrogens with one attached hydrogen (secondary N) is 6. The molecule has 0 unspecified atom stereocenters. The van der Waals surface area contributed by atoms with Crippen LogP contribution in [0.5, 0.6) is 11.5 Å². The van der Waals surface area contributed by atoms with Crippen molar-refractivity contribution < 1.29 is 47.8 Å². The van der Waals surface area contributed by atoms with Gasteiger partial charge in [0.2, 0.25) is 35.4 Å². The van der Waals surface area contributed by atoms with Crippen LogP contribution in [0, 0.1) is 0 Å². The van der Waals surface area contributed by atoms with Gasteiger partial charge in [-0.15, -0.1) is 0 Å². The van der Waals surface area contributed by atoms with Crippen molar-refractivity contribution in [2.24, 2.45) is 0 Å². The quantitative estimate of drug-likeness (QED) is 0.0199. The van der Waals surface area contributed by atoms with Crippen LogP contribution in [-0.2, 0) is 54.5 Å². The number of carbonyl (C=O) groups is 8. The van der Waals surface area contributed by atoms with E-state index in [2.05, 4.69) is 31.9 Å². The lowest BCUT2D eigenvalue weighted by Crippen LogP contribution is -2.46. The van der Waals surface area contributed by atoms with Crippen molar-refractivity contribution in [3.8, 4) is 22.6 Å². The topological polar surface area (TPSA) is 234 Å². The second kappa shape index (κ2) is 41.1. The first-order valence-corrected chi connectivity index (χ1v) is 32.1. The smallest absolute Gasteiger partial charge is 0.251 e. The molecule has 0 saturated heterocycles. The Balaban J connectivity index is 0.825. The minimum atomic E-state index is -0.351. The fourth-order valence-electron chi connectivity index (χ4n) is 10.3. The summed E-state index contributed by atoms with van der Waals surface area (Å²) in [5.74, 6) is -0.699. The second-order valence-corrected chi connectivity index (χ2v) is 22.6. The van der Waals surface area contributed by atoms with Crippen molar-refractivity contribution in [2.75, 3.05) is 79.7 Å². The molecule has 6 aromatic rings. The van der Waals surface area contributed by atoms with Gasteiger partial charge >= 0.3 is 0 Å². The average molecular weight is 1240 g/mol. The number of methoxy groups -OCH3 is 2. The Labute approximate surface area is 537 Å². The second-order valence-electron chi connectivity index (χ2n) is 22.6. The van der Waals surface area contributed by atoms with Crippen molar-refractivity contribution >= 4 is 47.3 Å². The third kappa shape index (κ3) is 27.9. The zero-order valence-electron chi connectivity index (χ0n) is 53.1. The van der Waals surface area contributed by atoms with E-state index in [4.69, 9.17) is 9.47 Å². The van der Waals surface area contributed by atoms with E-state index >= 15 is 0 Å². The molecule has 6 aromatic carbocycles. The van der Waals surface area contributed by atoms with Gasteiger partial charge in [-0.25, -0.2) is 0 Å². The summed E-state index contributed by atoms with van der Waals surface area (Å²) in [5, 5.41) is 17.6. The molecule has 6 rings (SSSR count). The lowest BCUT2D eigenvalue weighted by molar-refractivity contribution is -0.139. The highest BCUT2D eigenvalue weighted by Crippen LogP contribution is 2.22. The zero-order valence-corrected chi connectivity index (χ0v) is 53.1. The average Bonchev–Trinajstić information content (AvgIpc) is 2.46. The van der Waals surface area contributed by atoms with Crippen molar-refractivity contribution in [1.82, 2.24) is 41.7 Å². The molecule has 0 aliphatic heterocycles. The normalized spacial score (nSPS) is 10.7. The van der Waals surface area contributed by atoms with Gasteiger partial charge in [-0.1, -0.05) is 154 Å². The minimum absolute atomic E-state index is 0.148. The fraction of sp³-hybridized carbons (Fsp3) is 0.397. The highest BCUT2D eigenvalue weighted by atomic mass is 16.5. The maximum atomic E-state index is 13.5. The van der Waals surface area contributed by atoms with Gasteiger partial charge in [0.05, 0.1) is 14.2 Å². The molecule has 18 heteroatoms. The Morgan fingerprint density at radius 1 is 0.319 bits per heavy atom. The van der Waals surface area contributed by atoms with E-state index in [1.54, 1.807) is 32.4 Å². The Kier molecular flexibility index (Phi) is 31.9. The third-order valence-electron chi connectivity index (χ3n) is 15.6. The standard InChI is InChI=1S/C73H92N8O10/c1-90-64-37-29-58(30-38-64)43-49-76-68(84)54-80(52-66(82)74-47-41-56-21-12-9-13-22-56)70(86)27-16-7-5-3-4-6-8-18-45-79-73(89)63-26-20-25-62(51-63)60-33-35-61(36-34-60)72(88)78-46-19-11-17-28-71(87)81(53-67(83)75-48-42-57-23-14-10-15-24-57)55-69(85)77-50-44-59-31-39-65(91-2)40-32-59/h9-10,12-15,20-26,29-40,51H,3-8,11,16-19,27-28,41-50,52-55H2,1-2H3,(H,74,82)(H,75,83)(H,76,84)(H,77,85)(H,78,88)(H,79,89). The van der Waals surface area contributed by atoms with E-state index in [1.165, 1.54) is 9.80 Å². The first-order chi connectivity index (χ1) is 44.3. The summed E-state index contributed by atoms with van der Waals surface area (Å²) < 4.78 is 10.4. The number of hydrogen-bond donors (Lipinski definition) is 6. The van der Waals surface area contributed by atoms with E-state index in [-0.39, 0.29) is 86.3 Å². The number of rotatable bonds is 42. The first-order valence-electron chi connectivity index (χ1n) is 32.1. The van der Waals surface area contributed by atoms with Crippen molar-refractivity contribution in [3.05, 3.63) is 191 Å². The molecule has 91 heavy (non-hydrogen) atoms. The molecule has 18 nitrogen and oxygen atoms in total. The number of hydrogen-bond acceptors (Lipinski definition) is 10. The van der Waals surface area contributed by atoms with Crippen molar-refractivity contribution in [2.45, 2.75) is 109 Å². The molecular formula is C73H92N8O10. The Morgan fingerprint density at radius 2 is 0.670 bits per heavy atom. The van der Waals surface area contributed by atoms with Gasteiger partial charge in [-0.2, -0.15) is 0 Å². The van der Waals surface area contributed by atoms with E-state index in [9.17, 15) is 38.4 Å². The molecule has 0 aliphatic carbocycles. The summed E-state index contributed by atoms with van der Waals surface area (Å²) in [6.07, 6.45) is 12.1. The van der Waals surface area contributed by atoms with Crippen LogP contribution in [0.15, 0.2) is 158 Å². The summed E-state index contributed by atoms with van der Waals surface area (Å²) in [5.41, 5.74) is 6.99. The van der Waals surface area contributed by atoms with Gasteiger partial charge in [0.25, 0.3) is 11.8 Å². The van der Waals surface area contributed by atoms with Crippen LogP contribution in [0.3, 0.4) is 0 Å². The Bertz CT molecular complexity index is 3180. The van der Waals surface area contributed by atoms with Crippen LogP contribution < -0.4 is 41.4 Å². The van der Waals surface area contributed by atoms with Crippen molar-refractivity contribution in [3.63, 3.8) is 0 Å². The molecule has 484 valence electrons. The molecule has 0 heterocycles. The summed E-state index contributed by atoms with van der Waals surface area (Å²) in [7, 11) is 3.21. The van der Waals surface area contributed by atoms with Gasteiger partial charge < -0.3 is 51.2 Å². The maximum Gasteiger partial charge on any atom is 0.251 e.